The van der Waals surface area contributed by atoms with Gasteiger partial charge in [-0.05, 0) is 56.4 Å². The van der Waals surface area contributed by atoms with E-state index in [0.29, 0.717) is 23.6 Å². The largest absolute Gasteiger partial charge is 0.362 e. The second-order valence-corrected chi connectivity index (χ2v) is 8.73. The lowest BCUT2D eigenvalue weighted by molar-refractivity contribution is -0.385. The van der Waals surface area contributed by atoms with Gasteiger partial charge in [0.1, 0.15) is 5.82 Å². The molecule has 0 amide bonds. The summed E-state index contributed by atoms with van der Waals surface area (Å²) in [7, 11) is 4.00. The van der Waals surface area contributed by atoms with Crippen LogP contribution in [0.15, 0.2) is 42.5 Å². The zero-order valence-electron chi connectivity index (χ0n) is 18.8. The topological polar surface area (TPSA) is 96.2 Å². The Balaban J connectivity index is 1.32. The van der Waals surface area contributed by atoms with E-state index in [4.69, 9.17) is 9.97 Å². The highest BCUT2D eigenvalue weighted by molar-refractivity contribution is 5.90. The van der Waals surface area contributed by atoms with Crippen LogP contribution >= 0.6 is 0 Å². The third kappa shape index (κ3) is 4.96. The molecule has 1 aromatic heterocycles. The Morgan fingerprint density at radius 1 is 1.06 bits per heavy atom. The lowest BCUT2D eigenvalue weighted by Crippen LogP contribution is -2.37. The van der Waals surface area contributed by atoms with Crippen LogP contribution in [-0.4, -0.2) is 41.1 Å². The van der Waals surface area contributed by atoms with E-state index in [9.17, 15) is 10.1 Å². The lowest BCUT2D eigenvalue weighted by atomic mass is 9.91. The third-order valence-electron chi connectivity index (χ3n) is 6.12. The van der Waals surface area contributed by atoms with Crippen LogP contribution in [0.4, 0.5) is 17.5 Å². The first-order valence-electron chi connectivity index (χ1n) is 11.1. The quantitative estimate of drug-likeness (QED) is 0.419. The molecule has 0 atom stereocenters. The van der Waals surface area contributed by atoms with Gasteiger partial charge in [-0.1, -0.05) is 18.2 Å². The monoisotopic (exact) mass is 434 g/mol. The predicted octanol–water partition coefficient (Wildman–Crippen LogP) is 4.43. The number of anilines is 2. The molecule has 32 heavy (non-hydrogen) atoms. The summed E-state index contributed by atoms with van der Waals surface area (Å²) in [5.74, 6) is 1.61. The molecule has 0 radical (unpaired) electrons. The first-order chi connectivity index (χ1) is 15.4. The van der Waals surface area contributed by atoms with Crippen molar-refractivity contribution in [3.05, 3.63) is 63.7 Å². The number of nitro benzene ring substituents is 1. The zero-order chi connectivity index (χ0) is 22.7. The van der Waals surface area contributed by atoms with Crippen LogP contribution < -0.4 is 15.5 Å². The smallest absolute Gasteiger partial charge is 0.272 e. The fraction of sp³-hybridized carbons (Fsp3) is 0.417. The summed E-state index contributed by atoms with van der Waals surface area (Å²) in [4.78, 5) is 22.2. The molecule has 3 aromatic rings. The molecule has 8 nitrogen and oxygen atoms in total. The van der Waals surface area contributed by atoms with Gasteiger partial charge in [-0.25, -0.2) is 4.98 Å². The molecule has 0 spiro atoms. The normalized spacial score (nSPS) is 18.5. The molecule has 1 heterocycles. The molecule has 0 unspecified atom stereocenters. The van der Waals surface area contributed by atoms with Gasteiger partial charge in [0.15, 0.2) is 0 Å². The van der Waals surface area contributed by atoms with Crippen LogP contribution in [0.1, 0.15) is 36.8 Å². The van der Waals surface area contributed by atoms with E-state index in [2.05, 4.69) is 16.7 Å². The summed E-state index contributed by atoms with van der Waals surface area (Å²) < 4.78 is 0. The van der Waals surface area contributed by atoms with Crippen molar-refractivity contribution in [2.45, 2.75) is 51.2 Å². The average molecular weight is 435 g/mol. The first-order valence-corrected chi connectivity index (χ1v) is 11.1. The molecule has 2 aromatic carbocycles. The minimum atomic E-state index is -0.332. The average Bonchev–Trinajstić information content (AvgIpc) is 2.78. The number of nitro groups is 1. The van der Waals surface area contributed by atoms with Gasteiger partial charge in [0, 0.05) is 49.7 Å². The molecular formula is C24H30N6O2. The van der Waals surface area contributed by atoms with E-state index in [1.165, 1.54) is 0 Å². The molecule has 0 saturated heterocycles. The zero-order valence-corrected chi connectivity index (χ0v) is 18.8. The molecule has 1 aliphatic carbocycles. The number of hydrogen-bond donors (Lipinski definition) is 2. The first kappa shape index (κ1) is 22.0. The molecule has 8 heteroatoms. The summed E-state index contributed by atoms with van der Waals surface area (Å²) >= 11 is 0. The van der Waals surface area contributed by atoms with Crippen molar-refractivity contribution in [2.75, 3.05) is 24.3 Å². The Hall–Kier alpha value is -3.26. The Morgan fingerprint density at radius 2 is 1.78 bits per heavy atom. The molecule has 0 aliphatic heterocycles. The standard InChI is InChI=1S/C24H30N6O2/c1-16-14-17(8-13-22(16)30(31)32)15-25-18-9-11-19(12-10-18)26-24-27-21-7-5-4-6-20(21)23(28-24)29(2)3/h4-8,13-14,18-19,25H,9-12,15H2,1-3H3,(H,26,27,28)/t18-,19+. The van der Waals surface area contributed by atoms with Crippen molar-refractivity contribution >= 4 is 28.4 Å². The van der Waals surface area contributed by atoms with Crippen LogP contribution in [0.2, 0.25) is 0 Å². The maximum atomic E-state index is 11.0. The summed E-state index contributed by atoms with van der Waals surface area (Å²) in [6.07, 6.45) is 4.23. The number of aryl methyl sites for hydroxylation is 1. The van der Waals surface area contributed by atoms with Gasteiger partial charge >= 0.3 is 0 Å². The number of rotatable bonds is 7. The van der Waals surface area contributed by atoms with Crippen LogP contribution in [0.3, 0.4) is 0 Å². The Labute approximate surface area is 188 Å². The number of hydrogen-bond acceptors (Lipinski definition) is 7. The second-order valence-electron chi connectivity index (χ2n) is 8.73. The van der Waals surface area contributed by atoms with E-state index >= 15 is 0 Å². The van der Waals surface area contributed by atoms with Gasteiger partial charge in [0.25, 0.3) is 5.69 Å². The van der Waals surface area contributed by atoms with E-state index in [1.54, 1.807) is 13.0 Å². The van der Waals surface area contributed by atoms with Gasteiger partial charge in [-0.3, -0.25) is 10.1 Å². The van der Waals surface area contributed by atoms with Crippen LogP contribution in [-0.2, 0) is 6.54 Å². The van der Waals surface area contributed by atoms with Crippen molar-refractivity contribution in [1.29, 1.82) is 0 Å². The van der Waals surface area contributed by atoms with Crippen LogP contribution in [0.25, 0.3) is 10.9 Å². The van der Waals surface area contributed by atoms with E-state index in [1.807, 2.05) is 49.3 Å². The van der Waals surface area contributed by atoms with Gasteiger partial charge in [-0.2, -0.15) is 4.98 Å². The van der Waals surface area contributed by atoms with Crippen molar-refractivity contribution in [1.82, 2.24) is 15.3 Å². The van der Waals surface area contributed by atoms with Crippen molar-refractivity contribution in [2.24, 2.45) is 0 Å². The number of aromatic nitrogens is 2. The maximum absolute atomic E-state index is 11.0. The highest BCUT2D eigenvalue weighted by Gasteiger charge is 2.22. The van der Waals surface area contributed by atoms with Crippen molar-refractivity contribution in [3.8, 4) is 0 Å². The summed E-state index contributed by atoms with van der Waals surface area (Å²) in [5.41, 5.74) is 2.90. The molecule has 4 rings (SSSR count). The summed E-state index contributed by atoms with van der Waals surface area (Å²) in [6, 6.07) is 14.2. The highest BCUT2D eigenvalue weighted by Crippen LogP contribution is 2.26. The van der Waals surface area contributed by atoms with Crippen molar-refractivity contribution in [3.63, 3.8) is 0 Å². The minimum Gasteiger partial charge on any atom is -0.362 e. The van der Waals surface area contributed by atoms with E-state index < -0.39 is 0 Å². The maximum Gasteiger partial charge on any atom is 0.272 e. The van der Waals surface area contributed by atoms with Gasteiger partial charge < -0.3 is 15.5 Å². The van der Waals surface area contributed by atoms with Crippen LogP contribution in [0.5, 0.6) is 0 Å². The fourth-order valence-corrected chi connectivity index (χ4v) is 4.38. The van der Waals surface area contributed by atoms with E-state index in [0.717, 1.165) is 54.5 Å². The number of fused-ring (bicyclic) bond motifs is 1. The molecule has 168 valence electrons. The van der Waals surface area contributed by atoms with Crippen molar-refractivity contribution < 1.29 is 4.92 Å². The predicted molar refractivity (Wildman–Crippen MR) is 128 cm³/mol. The van der Waals surface area contributed by atoms with Gasteiger partial charge in [0.2, 0.25) is 5.95 Å². The Morgan fingerprint density at radius 3 is 2.47 bits per heavy atom. The minimum absolute atomic E-state index is 0.175. The number of nitrogens with one attached hydrogen (secondary N) is 2. The number of benzene rings is 2. The summed E-state index contributed by atoms with van der Waals surface area (Å²) in [5, 5.41) is 19.2. The fourth-order valence-electron chi connectivity index (χ4n) is 4.38. The second kappa shape index (κ2) is 9.48. The SMILES string of the molecule is Cc1cc(CN[C@H]2CC[C@@H](Nc3nc(N(C)C)c4ccccc4n3)CC2)ccc1[N+](=O)[O-]. The van der Waals surface area contributed by atoms with Crippen LogP contribution in [0, 0.1) is 17.0 Å². The van der Waals surface area contributed by atoms with Gasteiger partial charge in [0.05, 0.1) is 10.4 Å². The molecular weight excluding hydrogens is 404 g/mol. The van der Waals surface area contributed by atoms with Gasteiger partial charge in [-0.15, -0.1) is 0 Å². The summed E-state index contributed by atoms with van der Waals surface area (Å²) in [6.45, 7) is 2.51. The molecule has 1 aliphatic rings. The number of para-hydroxylation sites is 1. The highest BCUT2D eigenvalue weighted by atomic mass is 16.6. The Bertz CT molecular complexity index is 1110. The van der Waals surface area contributed by atoms with E-state index in [-0.39, 0.29) is 10.6 Å². The molecule has 2 N–H and O–H groups in total. The Kier molecular flexibility index (Phi) is 6.50. The molecule has 1 fully saturated rings. The lowest BCUT2D eigenvalue weighted by Gasteiger charge is -2.30. The number of nitrogens with zero attached hydrogens (tertiary/aromatic N) is 4. The molecule has 1 saturated carbocycles. The third-order valence-corrected chi connectivity index (χ3v) is 6.12. The molecule has 0 bridgehead atoms.